The van der Waals surface area contributed by atoms with E-state index in [9.17, 15) is 14.4 Å². The van der Waals surface area contributed by atoms with Crippen LogP contribution in [0.3, 0.4) is 0 Å². The van der Waals surface area contributed by atoms with Crippen molar-refractivity contribution >= 4 is 34.9 Å². The average molecular weight is 486 g/mol. The highest BCUT2D eigenvalue weighted by atomic mass is 32.1. The van der Waals surface area contributed by atoms with Crippen molar-refractivity contribution in [2.75, 3.05) is 45.8 Å². The number of nitrogens with zero attached hydrogens (tertiary/aromatic N) is 4. The molecule has 0 saturated carbocycles. The Kier molecular flexibility index (Phi) is 8.50. The summed E-state index contributed by atoms with van der Waals surface area (Å²) >= 11 is 5.36. The summed E-state index contributed by atoms with van der Waals surface area (Å²) in [7, 11) is 0. The average Bonchev–Trinajstić information content (AvgIpc) is 2.86. The topological polar surface area (TPSA) is 81.6 Å². The Hall–Kier alpha value is -2.52. The number of carbonyl (C=O) groups is 2. The Bertz CT molecular complexity index is 1110. The second-order valence-electron chi connectivity index (χ2n) is 9.34. The molecule has 2 aliphatic rings. The molecule has 0 radical (unpaired) electrons. The standard InChI is InChI=1S/C25H35N5O3S/c31-22(29-17-15-27(16-18-29)19-23(32)28-12-6-2-7-13-28)11-3-1-8-14-30-24(33)20-9-4-5-10-21(20)26-25(30)34/h4-5,9-10H,1-3,6-8,11-19H2,(H,26,34). The zero-order chi connectivity index (χ0) is 23.9. The summed E-state index contributed by atoms with van der Waals surface area (Å²) in [6, 6.07) is 7.39. The van der Waals surface area contributed by atoms with Gasteiger partial charge in [0.05, 0.1) is 17.4 Å². The predicted octanol–water partition coefficient (Wildman–Crippen LogP) is 2.78. The Morgan fingerprint density at radius 3 is 2.32 bits per heavy atom. The summed E-state index contributed by atoms with van der Waals surface area (Å²) in [6.07, 6.45) is 6.43. The highest BCUT2D eigenvalue weighted by Crippen LogP contribution is 2.12. The van der Waals surface area contributed by atoms with Crippen molar-refractivity contribution in [1.82, 2.24) is 24.3 Å². The third kappa shape index (κ3) is 6.13. The summed E-state index contributed by atoms with van der Waals surface area (Å²) in [6.45, 7) is 5.69. The molecule has 1 aromatic heterocycles. The molecule has 0 atom stereocenters. The molecule has 34 heavy (non-hydrogen) atoms. The van der Waals surface area contributed by atoms with Gasteiger partial charge in [-0.3, -0.25) is 23.9 Å². The highest BCUT2D eigenvalue weighted by Gasteiger charge is 2.24. The maximum Gasteiger partial charge on any atom is 0.262 e. The van der Waals surface area contributed by atoms with Gasteiger partial charge in [0.1, 0.15) is 0 Å². The van der Waals surface area contributed by atoms with E-state index in [-0.39, 0.29) is 17.4 Å². The van der Waals surface area contributed by atoms with E-state index in [2.05, 4.69) is 9.88 Å². The molecule has 0 unspecified atom stereocenters. The number of hydrogen-bond acceptors (Lipinski definition) is 5. The molecule has 0 spiro atoms. The Morgan fingerprint density at radius 2 is 1.56 bits per heavy atom. The lowest BCUT2D eigenvalue weighted by atomic mass is 10.1. The first-order chi connectivity index (χ1) is 16.5. The number of H-pyrrole nitrogens is 1. The fraction of sp³-hybridized carbons (Fsp3) is 0.600. The molecular weight excluding hydrogens is 450 g/mol. The number of fused-ring (bicyclic) bond motifs is 1. The van der Waals surface area contributed by atoms with Gasteiger partial charge in [-0.25, -0.2) is 0 Å². The molecular formula is C25H35N5O3S. The maximum atomic E-state index is 12.7. The fourth-order valence-electron chi connectivity index (χ4n) is 4.87. The van der Waals surface area contributed by atoms with Crippen LogP contribution in [0.5, 0.6) is 0 Å². The van der Waals surface area contributed by atoms with Crippen LogP contribution < -0.4 is 5.56 Å². The van der Waals surface area contributed by atoms with Crippen LogP contribution in [0.1, 0.15) is 44.9 Å². The number of carbonyl (C=O) groups excluding carboxylic acids is 2. The monoisotopic (exact) mass is 485 g/mol. The molecule has 0 bridgehead atoms. The van der Waals surface area contributed by atoms with Gasteiger partial charge in [-0.1, -0.05) is 18.6 Å². The van der Waals surface area contributed by atoms with E-state index < -0.39 is 0 Å². The molecule has 2 aromatic rings. The van der Waals surface area contributed by atoms with Crippen molar-refractivity contribution < 1.29 is 9.59 Å². The van der Waals surface area contributed by atoms with Gasteiger partial charge < -0.3 is 14.8 Å². The summed E-state index contributed by atoms with van der Waals surface area (Å²) in [5.41, 5.74) is 0.697. The minimum Gasteiger partial charge on any atom is -0.342 e. The minimum absolute atomic E-state index is 0.0629. The SMILES string of the molecule is O=C(CCCCCn1c(=S)[nH]c2ccccc2c1=O)N1CCN(CC(=O)N2CCCCC2)CC1. The van der Waals surface area contributed by atoms with Gasteiger partial charge in [0, 0.05) is 52.2 Å². The summed E-state index contributed by atoms with van der Waals surface area (Å²) in [4.78, 5) is 47.0. The van der Waals surface area contributed by atoms with Crippen LogP contribution in [-0.2, 0) is 16.1 Å². The Labute approximate surface area is 205 Å². The first kappa shape index (κ1) is 24.6. The number of hydrogen-bond donors (Lipinski definition) is 1. The molecule has 2 aliphatic heterocycles. The van der Waals surface area contributed by atoms with Gasteiger partial charge >= 0.3 is 0 Å². The van der Waals surface area contributed by atoms with Gasteiger partial charge in [-0.15, -0.1) is 0 Å². The first-order valence-corrected chi connectivity index (χ1v) is 12.9. The number of amides is 2. The third-order valence-electron chi connectivity index (χ3n) is 6.95. The lowest BCUT2D eigenvalue weighted by molar-refractivity contribution is -0.135. The van der Waals surface area contributed by atoms with E-state index in [0.29, 0.717) is 42.8 Å². The quantitative estimate of drug-likeness (QED) is 0.459. The van der Waals surface area contributed by atoms with Gasteiger partial charge in [0.2, 0.25) is 11.8 Å². The number of piperazine rings is 1. The molecule has 2 fully saturated rings. The van der Waals surface area contributed by atoms with Crippen molar-refractivity contribution in [3.05, 3.63) is 39.4 Å². The molecule has 2 amide bonds. The summed E-state index contributed by atoms with van der Waals surface area (Å²) < 4.78 is 2.06. The number of aromatic amines is 1. The van der Waals surface area contributed by atoms with Gasteiger partial charge in [-0.05, 0) is 56.5 Å². The molecule has 184 valence electrons. The normalized spacial score (nSPS) is 17.3. The number of aromatic nitrogens is 2. The van der Waals surface area contributed by atoms with E-state index >= 15 is 0 Å². The van der Waals surface area contributed by atoms with E-state index in [1.165, 1.54) is 6.42 Å². The lowest BCUT2D eigenvalue weighted by Gasteiger charge is -2.36. The van der Waals surface area contributed by atoms with E-state index in [4.69, 9.17) is 12.2 Å². The van der Waals surface area contributed by atoms with Crippen molar-refractivity contribution in [3.8, 4) is 0 Å². The second kappa shape index (κ2) is 11.8. The zero-order valence-corrected chi connectivity index (χ0v) is 20.7. The smallest absolute Gasteiger partial charge is 0.262 e. The van der Waals surface area contributed by atoms with Crippen LogP contribution in [0.4, 0.5) is 0 Å². The molecule has 4 rings (SSSR count). The summed E-state index contributed by atoms with van der Waals surface area (Å²) in [5.74, 6) is 0.409. The van der Waals surface area contributed by atoms with Crippen LogP contribution in [0.25, 0.3) is 10.9 Å². The third-order valence-corrected chi connectivity index (χ3v) is 7.28. The van der Waals surface area contributed by atoms with Crippen LogP contribution >= 0.6 is 12.2 Å². The van der Waals surface area contributed by atoms with Crippen molar-refractivity contribution in [2.45, 2.75) is 51.5 Å². The van der Waals surface area contributed by atoms with Crippen LogP contribution in [-0.4, -0.2) is 81.9 Å². The number of nitrogens with one attached hydrogen (secondary N) is 1. The molecule has 1 N–H and O–H groups in total. The van der Waals surface area contributed by atoms with E-state index in [0.717, 1.165) is 63.8 Å². The van der Waals surface area contributed by atoms with Crippen LogP contribution in [0, 0.1) is 4.77 Å². The van der Waals surface area contributed by atoms with Gasteiger partial charge in [-0.2, -0.15) is 0 Å². The van der Waals surface area contributed by atoms with Crippen LogP contribution in [0.2, 0.25) is 0 Å². The fourth-order valence-corrected chi connectivity index (χ4v) is 5.16. The van der Waals surface area contributed by atoms with Gasteiger partial charge in [0.25, 0.3) is 5.56 Å². The number of unbranched alkanes of at least 4 members (excludes halogenated alkanes) is 2. The van der Waals surface area contributed by atoms with Crippen molar-refractivity contribution in [1.29, 1.82) is 0 Å². The maximum absolute atomic E-state index is 12.7. The Morgan fingerprint density at radius 1 is 0.853 bits per heavy atom. The molecule has 3 heterocycles. The number of piperidine rings is 1. The minimum atomic E-state index is -0.0629. The second-order valence-corrected chi connectivity index (χ2v) is 9.73. The van der Waals surface area contributed by atoms with Crippen molar-refractivity contribution in [2.24, 2.45) is 0 Å². The number of benzene rings is 1. The summed E-state index contributed by atoms with van der Waals surface area (Å²) in [5, 5.41) is 0.642. The number of rotatable bonds is 8. The van der Waals surface area contributed by atoms with Crippen LogP contribution in [0.15, 0.2) is 29.1 Å². The first-order valence-electron chi connectivity index (χ1n) is 12.5. The molecule has 8 nitrogen and oxygen atoms in total. The van der Waals surface area contributed by atoms with E-state index in [1.807, 2.05) is 28.0 Å². The Balaban J connectivity index is 1.15. The zero-order valence-electron chi connectivity index (χ0n) is 19.8. The predicted molar refractivity (Wildman–Crippen MR) is 135 cm³/mol. The number of likely N-dealkylation sites (tertiary alicyclic amines) is 1. The van der Waals surface area contributed by atoms with E-state index in [1.54, 1.807) is 10.6 Å². The molecule has 2 saturated heterocycles. The highest BCUT2D eigenvalue weighted by molar-refractivity contribution is 7.71. The lowest BCUT2D eigenvalue weighted by Crippen LogP contribution is -2.52. The number of para-hydroxylation sites is 1. The van der Waals surface area contributed by atoms with Crippen molar-refractivity contribution in [3.63, 3.8) is 0 Å². The molecule has 1 aromatic carbocycles. The molecule has 9 heteroatoms. The largest absolute Gasteiger partial charge is 0.342 e. The molecule has 0 aliphatic carbocycles. The van der Waals surface area contributed by atoms with Gasteiger partial charge in [0.15, 0.2) is 4.77 Å².